The number of Topliss-reactive ketones (excluding diaryl/α,β-unsaturated/α-hetero) is 1. The van der Waals surface area contributed by atoms with E-state index < -0.39 is 23.4 Å². The number of fused-ring (bicyclic) bond motifs is 1. The van der Waals surface area contributed by atoms with Crippen LogP contribution < -0.4 is 5.56 Å². The number of ether oxygens (including phenoxy) is 1. The van der Waals surface area contributed by atoms with E-state index in [2.05, 4.69) is 5.10 Å². The molecule has 3 aromatic rings. The van der Waals surface area contributed by atoms with Gasteiger partial charge in [-0.1, -0.05) is 29.8 Å². The van der Waals surface area contributed by atoms with E-state index in [0.29, 0.717) is 16.0 Å². The Morgan fingerprint density at radius 2 is 1.79 bits per heavy atom. The van der Waals surface area contributed by atoms with Gasteiger partial charge in [-0.25, -0.2) is 9.48 Å². The quantitative estimate of drug-likeness (QED) is 0.504. The fourth-order valence-electron chi connectivity index (χ4n) is 2.75. The Kier molecular flexibility index (Phi) is 5.87. The van der Waals surface area contributed by atoms with E-state index in [-0.39, 0.29) is 24.2 Å². The van der Waals surface area contributed by atoms with Gasteiger partial charge < -0.3 is 9.84 Å². The Morgan fingerprint density at radius 1 is 1.14 bits per heavy atom. The zero-order chi connectivity index (χ0) is 20.3. The molecule has 144 valence electrons. The van der Waals surface area contributed by atoms with E-state index in [9.17, 15) is 14.4 Å². The van der Waals surface area contributed by atoms with Crippen LogP contribution in [0.1, 0.15) is 27.8 Å². The van der Waals surface area contributed by atoms with Crippen molar-refractivity contribution in [3.05, 3.63) is 75.2 Å². The zero-order valence-electron chi connectivity index (χ0n) is 15.0. The number of carbonyl (C=O) groups excluding carboxylic acids is 2. The lowest BCUT2D eigenvalue weighted by Gasteiger charge is -2.14. The molecule has 1 atom stereocenters. The predicted octanol–water partition coefficient (Wildman–Crippen LogP) is 2.47. The highest BCUT2D eigenvalue weighted by molar-refractivity contribution is 6.30. The molecule has 28 heavy (non-hydrogen) atoms. The lowest BCUT2D eigenvalue weighted by Crippen LogP contribution is -2.30. The van der Waals surface area contributed by atoms with Gasteiger partial charge in [0.05, 0.1) is 18.5 Å². The van der Waals surface area contributed by atoms with Crippen molar-refractivity contribution in [1.82, 2.24) is 9.78 Å². The molecule has 0 amide bonds. The van der Waals surface area contributed by atoms with Gasteiger partial charge in [0.2, 0.25) is 5.78 Å². The van der Waals surface area contributed by atoms with Crippen LogP contribution in [0.15, 0.2) is 53.3 Å². The first-order chi connectivity index (χ1) is 13.4. The number of esters is 1. The molecule has 0 radical (unpaired) electrons. The van der Waals surface area contributed by atoms with Crippen LogP contribution in [-0.4, -0.2) is 39.4 Å². The van der Waals surface area contributed by atoms with Crippen LogP contribution in [-0.2, 0) is 11.3 Å². The number of halogens is 1. The lowest BCUT2D eigenvalue weighted by molar-refractivity contribution is 0.0312. The molecule has 0 aliphatic rings. The number of rotatable bonds is 6. The van der Waals surface area contributed by atoms with Crippen molar-refractivity contribution in [3.63, 3.8) is 0 Å². The Balaban J connectivity index is 1.92. The SMILES string of the molecule is C[C@@H](OC(=O)c1nn(CCO)c(=O)c2ccccc12)C(=O)c1ccc(Cl)cc1. The van der Waals surface area contributed by atoms with Crippen LogP contribution in [0.2, 0.25) is 5.02 Å². The molecule has 0 aliphatic carbocycles. The standard InChI is InChI=1S/C20H17ClN2O5/c1-12(18(25)13-6-8-14(21)9-7-13)28-20(27)17-15-4-2-3-5-16(15)19(26)23(22-17)10-11-24/h2-9,12,24H,10-11H2,1H3/t12-/m1/s1. The molecule has 0 bridgehead atoms. The number of carbonyl (C=O) groups is 2. The van der Waals surface area contributed by atoms with Crippen LogP contribution >= 0.6 is 11.6 Å². The topological polar surface area (TPSA) is 98.5 Å². The number of aliphatic hydroxyl groups excluding tert-OH is 1. The van der Waals surface area contributed by atoms with Crippen molar-refractivity contribution < 1.29 is 19.4 Å². The maximum atomic E-state index is 12.7. The molecule has 2 aromatic carbocycles. The molecular formula is C20H17ClN2O5. The number of benzene rings is 2. The van der Waals surface area contributed by atoms with Gasteiger partial charge in [-0.05, 0) is 37.3 Å². The number of hydrogen-bond donors (Lipinski definition) is 1. The fourth-order valence-corrected chi connectivity index (χ4v) is 2.88. The van der Waals surface area contributed by atoms with E-state index in [1.165, 1.54) is 6.92 Å². The summed E-state index contributed by atoms with van der Waals surface area (Å²) in [7, 11) is 0. The molecule has 7 nitrogen and oxygen atoms in total. The van der Waals surface area contributed by atoms with Crippen LogP contribution in [0.25, 0.3) is 10.8 Å². The highest BCUT2D eigenvalue weighted by Gasteiger charge is 2.24. The van der Waals surface area contributed by atoms with Crippen molar-refractivity contribution in [2.24, 2.45) is 0 Å². The number of hydrogen-bond acceptors (Lipinski definition) is 6. The smallest absolute Gasteiger partial charge is 0.360 e. The number of nitrogens with zero attached hydrogens (tertiary/aromatic N) is 2. The van der Waals surface area contributed by atoms with Crippen molar-refractivity contribution >= 4 is 34.1 Å². The maximum Gasteiger partial charge on any atom is 0.360 e. The summed E-state index contributed by atoms with van der Waals surface area (Å²) < 4.78 is 6.31. The molecule has 0 aliphatic heterocycles. The van der Waals surface area contributed by atoms with Gasteiger partial charge in [-0.3, -0.25) is 9.59 Å². The summed E-state index contributed by atoms with van der Waals surface area (Å²) in [6.45, 7) is 1.08. The number of aliphatic hydroxyl groups is 1. The highest BCUT2D eigenvalue weighted by Crippen LogP contribution is 2.17. The van der Waals surface area contributed by atoms with E-state index >= 15 is 0 Å². The Morgan fingerprint density at radius 3 is 2.43 bits per heavy atom. The van der Waals surface area contributed by atoms with Crippen molar-refractivity contribution in [2.75, 3.05) is 6.61 Å². The molecule has 1 N–H and O–H groups in total. The summed E-state index contributed by atoms with van der Waals surface area (Å²) in [5.41, 5.74) is -0.168. The largest absolute Gasteiger partial charge is 0.449 e. The van der Waals surface area contributed by atoms with Gasteiger partial charge in [0.15, 0.2) is 11.8 Å². The average molecular weight is 401 g/mol. The first kappa shape index (κ1) is 19.7. The molecule has 0 saturated carbocycles. The van der Waals surface area contributed by atoms with Crippen molar-refractivity contribution in [2.45, 2.75) is 19.6 Å². The molecule has 1 aromatic heterocycles. The summed E-state index contributed by atoms with van der Waals surface area (Å²) in [5.74, 6) is -1.23. The Labute approximate surface area is 165 Å². The second kappa shape index (κ2) is 8.33. The van der Waals surface area contributed by atoms with Gasteiger partial charge in [-0.2, -0.15) is 5.10 Å². The van der Waals surface area contributed by atoms with Gasteiger partial charge in [0.25, 0.3) is 5.56 Å². The summed E-state index contributed by atoms with van der Waals surface area (Å²) >= 11 is 5.82. The fraction of sp³-hybridized carbons (Fsp3) is 0.200. The summed E-state index contributed by atoms with van der Waals surface area (Å²) in [6.07, 6.45) is -1.06. The van der Waals surface area contributed by atoms with Crippen LogP contribution in [0.5, 0.6) is 0 Å². The second-order valence-corrected chi connectivity index (χ2v) is 6.50. The van der Waals surface area contributed by atoms with Crippen LogP contribution in [0.3, 0.4) is 0 Å². The Hall–Kier alpha value is -3.03. The van der Waals surface area contributed by atoms with Gasteiger partial charge in [0.1, 0.15) is 0 Å². The molecule has 0 saturated heterocycles. The van der Waals surface area contributed by atoms with Crippen molar-refractivity contribution in [3.8, 4) is 0 Å². The molecular weight excluding hydrogens is 384 g/mol. The molecule has 1 heterocycles. The molecule has 3 rings (SSSR count). The maximum absolute atomic E-state index is 12.7. The van der Waals surface area contributed by atoms with Gasteiger partial charge >= 0.3 is 5.97 Å². The third-order valence-electron chi connectivity index (χ3n) is 4.15. The van der Waals surface area contributed by atoms with E-state index in [4.69, 9.17) is 21.4 Å². The molecule has 0 spiro atoms. The first-order valence-electron chi connectivity index (χ1n) is 8.54. The number of ketones is 1. The summed E-state index contributed by atoms with van der Waals surface area (Å²) in [5, 5.41) is 14.2. The Bertz CT molecular complexity index is 1090. The highest BCUT2D eigenvalue weighted by atomic mass is 35.5. The zero-order valence-corrected chi connectivity index (χ0v) is 15.7. The first-order valence-corrected chi connectivity index (χ1v) is 8.91. The lowest BCUT2D eigenvalue weighted by atomic mass is 10.1. The van der Waals surface area contributed by atoms with E-state index in [1.807, 2.05) is 0 Å². The van der Waals surface area contributed by atoms with Gasteiger partial charge in [-0.15, -0.1) is 0 Å². The molecule has 0 fully saturated rings. The monoisotopic (exact) mass is 400 g/mol. The predicted molar refractivity (Wildman–Crippen MR) is 104 cm³/mol. The average Bonchev–Trinajstić information content (AvgIpc) is 2.70. The normalized spacial score (nSPS) is 12.0. The third-order valence-corrected chi connectivity index (χ3v) is 4.41. The molecule has 0 unspecified atom stereocenters. The number of aromatic nitrogens is 2. The third kappa shape index (κ3) is 3.95. The summed E-state index contributed by atoms with van der Waals surface area (Å²) in [6, 6.07) is 12.7. The minimum Gasteiger partial charge on any atom is -0.449 e. The molecule has 8 heteroatoms. The minimum atomic E-state index is -1.06. The summed E-state index contributed by atoms with van der Waals surface area (Å²) in [4.78, 5) is 37.6. The second-order valence-electron chi connectivity index (χ2n) is 6.06. The van der Waals surface area contributed by atoms with Crippen molar-refractivity contribution in [1.29, 1.82) is 0 Å². The van der Waals surface area contributed by atoms with E-state index in [1.54, 1.807) is 48.5 Å². The van der Waals surface area contributed by atoms with Crippen LogP contribution in [0, 0.1) is 0 Å². The van der Waals surface area contributed by atoms with E-state index in [0.717, 1.165) is 4.68 Å². The van der Waals surface area contributed by atoms with Gasteiger partial charge in [0, 0.05) is 16.0 Å². The van der Waals surface area contributed by atoms with Crippen LogP contribution in [0.4, 0.5) is 0 Å². The minimum absolute atomic E-state index is 0.0663.